The first-order valence-electron chi connectivity index (χ1n) is 8.29. The highest BCUT2D eigenvalue weighted by molar-refractivity contribution is 5.18. The van der Waals surface area contributed by atoms with Crippen molar-refractivity contribution in [1.82, 2.24) is 4.90 Å². The molecule has 1 heterocycles. The molecule has 4 fully saturated rings. The first-order valence-corrected chi connectivity index (χ1v) is 8.29. The van der Waals surface area contributed by atoms with Gasteiger partial charge in [-0.3, -0.25) is 4.90 Å². The zero-order valence-corrected chi connectivity index (χ0v) is 12.5. The van der Waals surface area contributed by atoms with E-state index in [9.17, 15) is 0 Å². The van der Waals surface area contributed by atoms with Crippen LogP contribution in [0.4, 0.5) is 0 Å². The normalized spacial score (nSPS) is 48.7. The van der Waals surface area contributed by atoms with E-state index in [1.165, 1.54) is 6.54 Å². The summed E-state index contributed by atoms with van der Waals surface area (Å²) in [5.41, 5.74) is 0.867. The maximum atomic E-state index is 2.86. The van der Waals surface area contributed by atoms with E-state index in [1.54, 1.807) is 25.7 Å². The molecule has 0 aromatic carbocycles. The summed E-state index contributed by atoms with van der Waals surface area (Å²) >= 11 is 0. The molecule has 4 rings (SSSR count). The fourth-order valence-electron chi connectivity index (χ4n) is 6.30. The molecule has 1 spiro atoms. The van der Waals surface area contributed by atoms with Crippen LogP contribution in [-0.2, 0) is 0 Å². The van der Waals surface area contributed by atoms with E-state index < -0.39 is 0 Å². The Kier molecular flexibility index (Phi) is 2.31. The lowest BCUT2D eigenvalue weighted by Gasteiger charge is -2.39. The second-order valence-electron chi connectivity index (χ2n) is 8.44. The van der Waals surface area contributed by atoms with Gasteiger partial charge < -0.3 is 0 Å². The predicted molar refractivity (Wildman–Crippen MR) is 75.3 cm³/mol. The standard InChI is InChI=1S/C17H29N/c1-10(2)16-15-13(9-18(16)11(3)4)12-7-14(15)17(8-12)5-6-17/h10-16H,5-9H2,1-4H3. The van der Waals surface area contributed by atoms with Gasteiger partial charge in [0.05, 0.1) is 0 Å². The predicted octanol–water partition coefficient (Wildman–Crippen LogP) is 3.79. The molecular formula is C17H29N. The fraction of sp³-hybridized carbons (Fsp3) is 1.00. The summed E-state index contributed by atoms with van der Waals surface area (Å²) in [5, 5.41) is 0. The SMILES string of the molecule is CC(C)C1C2C(CN1C(C)C)C1CC2C2(CC2)C1. The molecule has 1 aliphatic heterocycles. The first-order chi connectivity index (χ1) is 8.53. The van der Waals surface area contributed by atoms with E-state index in [0.717, 1.165) is 47.1 Å². The van der Waals surface area contributed by atoms with Gasteiger partial charge in [-0.25, -0.2) is 0 Å². The van der Waals surface area contributed by atoms with Crippen molar-refractivity contribution in [2.45, 2.75) is 65.5 Å². The Morgan fingerprint density at radius 1 is 1.11 bits per heavy atom. The van der Waals surface area contributed by atoms with Gasteiger partial charge in [-0.1, -0.05) is 13.8 Å². The van der Waals surface area contributed by atoms with Gasteiger partial charge in [0, 0.05) is 18.6 Å². The Hall–Kier alpha value is -0.0400. The fourth-order valence-corrected chi connectivity index (χ4v) is 6.30. The molecule has 0 aromatic heterocycles. The average Bonchev–Trinajstić information content (AvgIpc) is 2.70. The first kappa shape index (κ1) is 11.8. The molecule has 3 aliphatic carbocycles. The number of nitrogens with zero attached hydrogens (tertiary/aromatic N) is 1. The number of hydrogen-bond acceptors (Lipinski definition) is 1. The Morgan fingerprint density at radius 3 is 2.39 bits per heavy atom. The van der Waals surface area contributed by atoms with Gasteiger partial charge in [0.25, 0.3) is 0 Å². The minimum Gasteiger partial charge on any atom is -0.297 e. The van der Waals surface area contributed by atoms with Gasteiger partial charge in [-0.15, -0.1) is 0 Å². The molecule has 0 amide bonds. The third-order valence-electron chi connectivity index (χ3n) is 7.01. The molecule has 102 valence electrons. The van der Waals surface area contributed by atoms with Crippen LogP contribution >= 0.6 is 0 Å². The smallest absolute Gasteiger partial charge is 0.0155 e. The molecule has 1 nitrogen and oxygen atoms in total. The third-order valence-corrected chi connectivity index (χ3v) is 7.01. The lowest BCUT2D eigenvalue weighted by Crippen LogP contribution is -2.43. The van der Waals surface area contributed by atoms with Crippen molar-refractivity contribution in [2.75, 3.05) is 6.54 Å². The van der Waals surface area contributed by atoms with E-state index in [4.69, 9.17) is 0 Å². The number of fused-ring (bicyclic) bond motifs is 6. The van der Waals surface area contributed by atoms with Crippen LogP contribution in [0, 0.1) is 35.0 Å². The topological polar surface area (TPSA) is 3.24 Å². The average molecular weight is 247 g/mol. The molecule has 0 N–H and O–H groups in total. The summed E-state index contributed by atoms with van der Waals surface area (Å²) in [4.78, 5) is 2.86. The summed E-state index contributed by atoms with van der Waals surface area (Å²) in [6, 6.07) is 1.64. The minimum absolute atomic E-state index is 0.748. The van der Waals surface area contributed by atoms with Crippen LogP contribution in [-0.4, -0.2) is 23.5 Å². The van der Waals surface area contributed by atoms with Crippen molar-refractivity contribution >= 4 is 0 Å². The zero-order valence-electron chi connectivity index (χ0n) is 12.5. The van der Waals surface area contributed by atoms with Gasteiger partial charge >= 0.3 is 0 Å². The summed E-state index contributed by atoms with van der Waals surface area (Å²) in [7, 11) is 0. The van der Waals surface area contributed by atoms with Gasteiger partial charge in [-0.2, -0.15) is 0 Å². The van der Waals surface area contributed by atoms with Crippen LogP contribution in [0.15, 0.2) is 0 Å². The van der Waals surface area contributed by atoms with Crippen LogP contribution in [0.2, 0.25) is 0 Å². The lowest BCUT2D eigenvalue weighted by atomic mass is 9.69. The Bertz CT molecular complexity index is 355. The van der Waals surface area contributed by atoms with Crippen molar-refractivity contribution in [1.29, 1.82) is 0 Å². The summed E-state index contributed by atoms with van der Waals surface area (Å²) in [6.45, 7) is 11.2. The van der Waals surface area contributed by atoms with Crippen molar-refractivity contribution in [3.8, 4) is 0 Å². The van der Waals surface area contributed by atoms with Crippen LogP contribution < -0.4 is 0 Å². The lowest BCUT2D eigenvalue weighted by molar-refractivity contribution is 0.0976. The molecule has 0 aromatic rings. The van der Waals surface area contributed by atoms with E-state index in [0.29, 0.717) is 0 Å². The molecule has 1 heteroatoms. The molecule has 1 saturated heterocycles. The Morgan fingerprint density at radius 2 is 1.83 bits per heavy atom. The van der Waals surface area contributed by atoms with Crippen molar-refractivity contribution in [3.05, 3.63) is 0 Å². The van der Waals surface area contributed by atoms with E-state index >= 15 is 0 Å². The summed E-state index contributed by atoms with van der Waals surface area (Å²) < 4.78 is 0. The Balaban J connectivity index is 1.67. The van der Waals surface area contributed by atoms with Crippen LogP contribution in [0.1, 0.15) is 53.4 Å². The van der Waals surface area contributed by atoms with Crippen molar-refractivity contribution in [2.24, 2.45) is 35.0 Å². The molecule has 4 aliphatic rings. The monoisotopic (exact) mass is 247 g/mol. The van der Waals surface area contributed by atoms with Crippen LogP contribution in [0.5, 0.6) is 0 Å². The van der Waals surface area contributed by atoms with Crippen molar-refractivity contribution < 1.29 is 0 Å². The molecule has 5 atom stereocenters. The highest BCUT2D eigenvalue weighted by Gasteiger charge is 2.68. The maximum Gasteiger partial charge on any atom is 0.0155 e. The summed E-state index contributed by atoms with van der Waals surface area (Å²) in [5.74, 6) is 5.19. The van der Waals surface area contributed by atoms with Crippen LogP contribution in [0.25, 0.3) is 0 Å². The van der Waals surface area contributed by atoms with Gasteiger partial charge in [0.1, 0.15) is 0 Å². The molecule has 0 radical (unpaired) electrons. The largest absolute Gasteiger partial charge is 0.297 e. The van der Waals surface area contributed by atoms with Gasteiger partial charge in [0.2, 0.25) is 0 Å². The maximum absolute atomic E-state index is 2.86. The molecule has 2 bridgehead atoms. The third kappa shape index (κ3) is 1.32. The second kappa shape index (κ2) is 3.53. The zero-order chi connectivity index (χ0) is 12.7. The quantitative estimate of drug-likeness (QED) is 0.717. The summed E-state index contributed by atoms with van der Waals surface area (Å²) in [6.07, 6.45) is 6.35. The van der Waals surface area contributed by atoms with E-state index in [2.05, 4.69) is 32.6 Å². The van der Waals surface area contributed by atoms with Crippen molar-refractivity contribution in [3.63, 3.8) is 0 Å². The molecule has 18 heavy (non-hydrogen) atoms. The second-order valence-corrected chi connectivity index (χ2v) is 8.44. The van der Waals surface area contributed by atoms with Gasteiger partial charge in [-0.05, 0) is 74.5 Å². The van der Waals surface area contributed by atoms with Crippen LogP contribution in [0.3, 0.4) is 0 Å². The number of rotatable bonds is 2. The minimum atomic E-state index is 0.748. The van der Waals surface area contributed by atoms with Gasteiger partial charge in [0.15, 0.2) is 0 Å². The Labute approximate surface area is 112 Å². The molecular weight excluding hydrogens is 218 g/mol. The highest BCUT2D eigenvalue weighted by atomic mass is 15.2. The molecule has 5 unspecified atom stereocenters. The number of likely N-dealkylation sites (tertiary alicyclic amines) is 1. The molecule has 3 saturated carbocycles. The van der Waals surface area contributed by atoms with E-state index in [-0.39, 0.29) is 0 Å². The highest BCUT2D eigenvalue weighted by Crippen LogP contribution is 2.73. The van der Waals surface area contributed by atoms with E-state index in [1.807, 2.05) is 0 Å². The number of hydrogen-bond donors (Lipinski definition) is 0.